The number of likely N-dealkylation sites (N-methyl/N-ethyl adjacent to an activating group) is 1. The summed E-state index contributed by atoms with van der Waals surface area (Å²) < 4.78 is 5.76. The van der Waals surface area contributed by atoms with E-state index in [9.17, 15) is 14.4 Å². The molecular formula is C29H31N3O4. The van der Waals surface area contributed by atoms with Gasteiger partial charge in [0, 0.05) is 44.7 Å². The van der Waals surface area contributed by atoms with Crippen molar-refractivity contribution in [1.29, 1.82) is 0 Å². The molecule has 4 rings (SSSR count). The minimum Gasteiger partial charge on any atom is -0.492 e. The molecule has 36 heavy (non-hydrogen) atoms. The summed E-state index contributed by atoms with van der Waals surface area (Å²) in [5.74, 6) is -0.0633. The molecule has 0 spiro atoms. The molecule has 0 radical (unpaired) electrons. The number of aryl methyl sites for hydroxylation is 1. The summed E-state index contributed by atoms with van der Waals surface area (Å²) >= 11 is 0. The molecular weight excluding hydrogens is 454 g/mol. The van der Waals surface area contributed by atoms with Gasteiger partial charge in [-0.1, -0.05) is 54.1 Å². The SMILES string of the molecule is Cc1ccc(OCCN(C)C(=O)CC2(c3ccccc3)CC(=O)N(CCc3ccccn3)C2=O)cc1. The summed E-state index contributed by atoms with van der Waals surface area (Å²) in [6, 6.07) is 22.4. The van der Waals surface area contributed by atoms with Crippen molar-refractivity contribution in [3.8, 4) is 5.75 Å². The Morgan fingerprint density at radius 3 is 2.44 bits per heavy atom. The molecule has 2 aromatic carbocycles. The van der Waals surface area contributed by atoms with E-state index in [-0.39, 0.29) is 37.1 Å². The van der Waals surface area contributed by atoms with Crippen LogP contribution >= 0.6 is 0 Å². The zero-order valence-electron chi connectivity index (χ0n) is 20.7. The number of likely N-dealkylation sites (tertiary alicyclic amines) is 1. The van der Waals surface area contributed by atoms with Crippen LogP contribution in [0.3, 0.4) is 0 Å². The molecule has 1 aliphatic heterocycles. The lowest BCUT2D eigenvalue weighted by Crippen LogP contribution is -2.43. The van der Waals surface area contributed by atoms with Crippen molar-refractivity contribution in [2.24, 2.45) is 0 Å². The molecule has 7 heteroatoms. The normalized spacial score (nSPS) is 17.3. The van der Waals surface area contributed by atoms with Crippen LogP contribution in [0.1, 0.15) is 29.7 Å². The van der Waals surface area contributed by atoms with Gasteiger partial charge in [-0.25, -0.2) is 0 Å². The lowest BCUT2D eigenvalue weighted by molar-refractivity contribution is -0.142. The second-order valence-corrected chi connectivity index (χ2v) is 9.20. The molecule has 7 nitrogen and oxygen atoms in total. The summed E-state index contributed by atoms with van der Waals surface area (Å²) in [5.41, 5.74) is 1.41. The van der Waals surface area contributed by atoms with Crippen molar-refractivity contribution in [3.05, 3.63) is 95.8 Å². The Kier molecular flexibility index (Phi) is 7.78. The standard InChI is InChI=1S/C29H31N3O4/c1-22-11-13-25(14-12-22)36-19-18-31(2)26(33)20-29(23-8-4-3-5-9-23)21-27(34)32(28(29)35)17-15-24-10-6-7-16-30-24/h3-14,16H,15,17-21H2,1-2H3. The number of aromatic nitrogens is 1. The van der Waals surface area contributed by atoms with Crippen LogP contribution < -0.4 is 4.74 Å². The maximum Gasteiger partial charge on any atom is 0.240 e. The zero-order chi connectivity index (χ0) is 25.5. The van der Waals surface area contributed by atoms with Crippen molar-refractivity contribution >= 4 is 17.7 Å². The summed E-state index contributed by atoms with van der Waals surface area (Å²) in [6.45, 7) is 2.93. The number of pyridine rings is 1. The summed E-state index contributed by atoms with van der Waals surface area (Å²) in [6.07, 6.45) is 2.04. The zero-order valence-corrected chi connectivity index (χ0v) is 20.7. The molecule has 1 saturated heterocycles. The number of ether oxygens (including phenoxy) is 1. The Balaban J connectivity index is 1.46. The van der Waals surface area contributed by atoms with Gasteiger partial charge in [0.25, 0.3) is 0 Å². The molecule has 0 saturated carbocycles. The average molecular weight is 486 g/mol. The van der Waals surface area contributed by atoms with Gasteiger partial charge in [0.1, 0.15) is 12.4 Å². The van der Waals surface area contributed by atoms with Gasteiger partial charge >= 0.3 is 0 Å². The van der Waals surface area contributed by atoms with E-state index in [0.717, 1.165) is 17.0 Å². The van der Waals surface area contributed by atoms with E-state index in [2.05, 4.69) is 4.98 Å². The van der Waals surface area contributed by atoms with Crippen molar-refractivity contribution in [3.63, 3.8) is 0 Å². The molecule has 186 valence electrons. The largest absolute Gasteiger partial charge is 0.492 e. The molecule has 1 fully saturated rings. The van der Waals surface area contributed by atoms with Crippen LogP contribution in [0, 0.1) is 6.92 Å². The summed E-state index contributed by atoms with van der Waals surface area (Å²) in [5, 5.41) is 0. The van der Waals surface area contributed by atoms with Gasteiger partial charge in [0.15, 0.2) is 0 Å². The van der Waals surface area contributed by atoms with E-state index in [1.54, 1.807) is 18.1 Å². The first-order valence-corrected chi connectivity index (χ1v) is 12.1. The maximum atomic E-state index is 13.7. The molecule has 3 aromatic rings. The summed E-state index contributed by atoms with van der Waals surface area (Å²) in [4.78, 5) is 47.2. The highest BCUT2D eigenvalue weighted by molar-refractivity contribution is 6.10. The van der Waals surface area contributed by atoms with E-state index in [1.165, 1.54) is 4.90 Å². The second kappa shape index (κ2) is 11.2. The van der Waals surface area contributed by atoms with Crippen LogP contribution in [-0.2, 0) is 26.2 Å². The third-order valence-electron chi connectivity index (χ3n) is 6.65. The fourth-order valence-electron chi connectivity index (χ4n) is 4.48. The summed E-state index contributed by atoms with van der Waals surface area (Å²) in [7, 11) is 1.69. The highest BCUT2D eigenvalue weighted by Gasteiger charge is 2.53. The maximum absolute atomic E-state index is 13.7. The van der Waals surface area contributed by atoms with E-state index in [1.807, 2.05) is 79.7 Å². The quantitative estimate of drug-likeness (QED) is 0.410. The van der Waals surface area contributed by atoms with Gasteiger partial charge in [-0.3, -0.25) is 24.3 Å². The number of amides is 3. The molecule has 1 aliphatic rings. The average Bonchev–Trinajstić information content (AvgIpc) is 3.14. The van der Waals surface area contributed by atoms with Crippen LogP contribution in [0.25, 0.3) is 0 Å². The number of imide groups is 1. The molecule has 0 bridgehead atoms. The van der Waals surface area contributed by atoms with Crippen LogP contribution in [-0.4, -0.2) is 59.2 Å². The number of nitrogens with zero attached hydrogens (tertiary/aromatic N) is 3. The van der Waals surface area contributed by atoms with Gasteiger partial charge < -0.3 is 9.64 Å². The minimum atomic E-state index is -1.22. The highest BCUT2D eigenvalue weighted by Crippen LogP contribution is 2.40. The van der Waals surface area contributed by atoms with Gasteiger partial charge in [-0.15, -0.1) is 0 Å². The molecule has 1 unspecified atom stereocenters. The van der Waals surface area contributed by atoms with Crippen molar-refractivity contribution < 1.29 is 19.1 Å². The Labute approximate surface area is 211 Å². The van der Waals surface area contributed by atoms with Crippen LogP contribution in [0.4, 0.5) is 0 Å². The Morgan fingerprint density at radius 2 is 1.75 bits per heavy atom. The first-order chi connectivity index (χ1) is 17.4. The first-order valence-electron chi connectivity index (χ1n) is 12.1. The smallest absolute Gasteiger partial charge is 0.240 e. The predicted molar refractivity (Wildman–Crippen MR) is 136 cm³/mol. The van der Waals surface area contributed by atoms with Gasteiger partial charge in [0.05, 0.1) is 12.0 Å². The Morgan fingerprint density at radius 1 is 1.03 bits per heavy atom. The molecule has 3 amide bonds. The van der Waals surface area contributed by atoms with Gasteiger partial charge in [0.2, 0.25) is 17.7 Å². The number of carbonyl (C=O) groups excluding carboxylic acids is 3. The lowest BCUT2D eigenvalue weighted by Gasteiger charge is -2.29. The highest BCUT2D eigenvalue weighted by atomic mass is 16.5. The second-order valence-electron chi connectivity index (χ2n) is 9.20. The topological polar surface area (TPSA) is 79.8 Å². The Hall–Kier alpha value is -4.00. The molecule has 0 aliphatic carbocycles. The van der Waals surface area contributed by atoms with E-state index in [0.29, 0.717) is 25.1 Å². The number of benzene rings is 2. The van der Waals surface area contributed by atoms with Crippen LogP contribution in [0.2, 0.25) is 0 Å². The van der Waals surface area contributed by atoms with E-state index in [4.69, 9.17) is 4.74 Å². The minimum absolute atomic E-state index is 0.0302. The third-order valence-corrected chi connectivity index (χ3v) is 6.65. The van der Waals surface area contributed by atoms with Crippen molar-refractivity contribution in [1.82, 2.24) is 14.8 Å². The number of hydrogen-bond donors (Lipinski definition) is 0. The molecule has 0 N–H and O–H groups in total. The predicted octanol–water partition coefficient (Wildman–Crippen LogP) is 3.56. The molecule has 1 atom stereocenters. The molecule has 1 aromatic heterocycles. The van der Waals surface area contributed by atoms with Crippen LogP contribution in [0.15, 0.2) is 79.0 Å². The number of hydrogen-bond acceptors (Lipinski definition) is 5. The van der Waals surface area contributed by atoms with Gasteiger partial charge in [-0.2, -0.15) is 0 Å². The first kappa shape index (κ1) is 25.1. The van der Waals surface area contributed by atoms with Crippen LogP contribution in [0.5, 0.6) is 5.75 Å². The fourth-order valence-corrected chi connectivity index (χ4v) is 4.48. The monoisotopic (exact) mass is 485 g/mol. The Bertz CT molecular complexity index is 1200. The van der Waals surface area contributed by atoms with E-state index < -0.39 is 5.41 Å². The van der Waals surface area contributed by atoms with Crippen molar-refractivity contribution in [2.45, 2.75) is 31.6 Å². The fraction of sp³-hybridized carbons (Fsp3) is 0.310. The number of rotatable bonds is 10. The number of carbonyl (C=O) groups is 3. The van der Waals surface area contributed by atoms with Gasteiger partial charge in [-0.05, 0) is 36.8 Å². The van der Waals surface area contributed by atoms with Crippen molar-refractivity contribution in [2.75, 3.05) is 26.7 Å². The molecule has 2 heterocycles. The lowest BCUT2D eigenvalue weighted by atomic mass is 9.75. The third kappa shape index (κ3) is 5.62. The van der Waals surface area contributed by atoms with E-state index >= 15 is 0 Å².